The SMILES string of the molecule is Cc1cc(-c2cc(C(=O)O)ncn2)ccc1NC1CC1. The lowest BCUT2D eigenvalue weighted by Gasteiger charge is -2.10. The number of aryl methyl sites for hydroxylation is 1. The number of carbonyl (C=O) groups is 1. The fourth-order valence-corrected chi connectivity index (χ4v) is 2.06. The van der Waals surface area contributed by atoms with Gasteiger partial charge in [0.25, 0.3) is 0 Å². The van der Waals surface area contributed by atoms with E-state index in [0.29, 0.717) is 11.7 Å². The largest absolute Gasteiger partial charge is 0.477 e. The summed E-state index contributed by atoms with van der Waals surface area (Å²) in [5, 5.41) is 12.4. The molecular formula is C15H15N3O2. The molecule has 1 aliphatic carbocycles. The van der Waals surface area contributed by atoms with E-state index in [9.17, 15) is 4.79 Å². The first-order valence-electron chi connectivity index (χ1n) is 6.56. The number of hydrogen-bond donors (Lipinski definition) is 2. The number of rotatable bonds is 4. The highest BCUT2D eigenvalue weighted by molar-refractivity contribution is 5.86. The third kappa shape index (κ3) is 2.61. The second-order valence-corrected chi connectivity index (χ2v) is 5.04. The van der Waals surface area contributed by atoms with Crippen LogP contribution in [-0.2, 0) is 0 Å². The monoisotopic (exact) mass is 269 g/mol. The maximum Gasteiger partial charge on any atom is 0.354 e. The van der Waals surface area contributed by atoms with E-state index in [1.807, 2.05) is 25.1 Å². The van der Waals surface area contributed by atoms with Crippen molar-refractivity contribution in [2.24, 2.45) is 0 Å². The number of aromatic nitrogens is 2. The predicted octanol–water partition coefficient (Wildman–Crippen LogP) is 2.72. The summed E-state index contributed by atoms with van der Waals surface area (Å²) in [5.74, 6) is -1.04. The minimum Gasteiger partial charge on any atom is -0.477 e. The van der Waals surface area contributed by atoms with Gasteiger partial charge in [0, 0.05) is 17.3 Å². The lowest BCUT2D eigenvalue weighted by Crippen LogP contribution is -2.03. The Morgan fingerprint density at radius 3 is 2.75 bits per heavy atom. The topological polar surface area (TPSA) is 75.1 Å². The number of hydrogen-bond acceptors (Lipinski definition) is 4. The van der Waals surface area contributed by atoms with Crippen LogP contribution >= 0.6 is 0 Å². The number of aromatic carboxylic acids is 1. The van der Waals surface area contributed by atoms with Crippen LogP contribution in [0.15, 0.2) is 30.6 Å². The van der Waals surface area contributed by atoms with E-state index in [0.717, 1.165) is 16.8 Å². The fraction of sp³-hybridized carbons (Fsp3) is 0.267. The minimum absolute atomic E-state index is 0.00725. The summed E-state index contributed by atoms with van der Waals surface area (Å²) in [7, 11) is 0. The number of carboxylic acid groups (broad SMARTS) is 1. The van der Waals surface area contributed by atoms with Crippen molar-refractivity contribution in [3.63, 3.8) is 0 Å². The van der Waals surface area contributed by atoms with Gasteiger partial charge < -0.3 is 10.4 Å². The number of nitrogens with zero attached hydrogens (tertiary/aromatic N) is 2. The van der Waals surface area contributed by atoms with Crippen LogP contribution in [0.25, 0.3) is 11.3 Å². The van der Waals surface area contributed by atoms with Crippen LogP contribution in [0, 0.1) is 6.92 Å². The van der Waals surface area contributed by atoms with E-state index in [-0.39, 0.29) is 5.69 Å². The van der Waals surface area contributed by atoms with Gasteiger partial charge in [0.1, 0.15) is 6.33 Å². The molecule has 2 aromatic rings. The summed E-state index contributed by atoms with van der Waals surface area (Å²) in [6, 6.07) is 8.08. The molecule has 1 aromatic heterocycles. The molecule has 1 aromatic carbocycles. The van der Waals surface area contributed by atoms with Gasteiger partial charge in [-0.2, -0.15) is 0 Å². The summed E-state index contributed by atoms with van der Waals surface area (Å²) in [6.07, 6.45) is 3.74. The van der Waals surface area contributed by atoms with E-state index >= 15 is 0 Å². The highest BCUT2D eigenvalue weighted by Gasteiger charge is 2.21. The van der Waals surface area contributed by atoms with Gasteiger partial charge in [-0.3, -0.25) is 0 Å². The van der Waals surface area contributed by atoms with Gasteiger partial charge in [-0.05, 0) is 43.5 Å². The second kappa shape index (κ2) is 4.92. The average molecular weight is 269 g/mol. The van der Waals surface area contributed by atoms with Crippen LogP contribution in [0.4, 0.5) is 5.69 Å². The molecule has 0 bridgehead atoms. The van der Waals surface area contributed by atoms with E-state index in [2.05, 4.69) is 15.3 Å². The van der Waals surface area contributed by atoms with Crippen LogP contribution < -0.4 is 5.32 Å². The first-order chi connectivity index (χ1) is 9.63. The van der Waals surface area contributed by atoms with Crippen LogP contribution in [0.2, 0.25) is 0 Å². The fourth-order valence-electron chi connectivity index (χ4n) is 2.06. The lowest BCUT2D eigenvalue weighted by molar-refractivity contribution is 0.0690. The first kappa shape index (κ1) is 12.6. The number of benzene rings is 1. The van der Waals surface area contributed by atoms with Crippen molar-refractivity contribution < 1.29 is 9.90 Å². The van der Waals surface area contributed by atoms with Gasteiger partial charge in [0.15, 0.2) is 5.69 Å². The molecule has 1 aliphatic rings. The van der Waals surface area contributed by atoms with Gasteiger partial charge >= 0.3 is 5.97 Å². The quantitative estimate of drug-likeness (QED) is 0.892. The van der Waals surface area contributed by atoms with E-state index < -0.39 is 5.97 Å². The average Bonchev–Trinajstić information content (AvgIpc) is 3.25. The number of anilines is 1. The summed E-state index contributed by atoms with van der Waals surface area (Å²) in [6.45, 7) is 2.04. The number of carboxylic acids is 1. The molecule has 20 heavy (non-hydrogen) atoms. The Morgan fingerprint density at radius 1 is 1.30 bits per heavy atom. The van der Waals surface area contributed by atoms with Crippen molar-refractivity contribution in [3.05, 3.63) is 41.9 Å². The molecule has 0 unspecified atom stereocenters. The van der Waals surface area contributed by atoms with Crippen molar-refractivity contribution in [1.82, 2.24) is 9.97 Å². The van der Waals surface area contributed by atoms with Gasteiger partial charge in [-0.15, -0.1) is 0 Å². The van der Waals surface area contributed by atoms with Gasteiger partial charge in [-0.25, -0.2) is 14.8 Å². The van der Waals surface area contributed by atoms with Gasteiger partial charge in [0.05, 0.1) is 5.69 Å². The molecule has 102 valence electrons. The maximum absolute atomic E-state index is 10.9. The minimum atomic E-state index is -1.04. The molecule has 1 fully saturated rings. The molecule has 1 saturated carbocycles. The van der Waals surface area contributed by atoms with E-state index in [1.165, 1.54) is 25.2 Å². The third-order valence-corrected chi connectivity index (χ3v) is 3.35. The zero-order valence-electron chi connectivity index (χ0n) is 11.1. The van der Waals surface area contributed by atoms with Crippen molar-refractivity contribution in [3.8, 4) is 11.3 Å². The molecule has 0 aliphatic heterocycles. The maximum atomic E-state index is 10.9. The molecule has 5 nitrogen and oxygen atoms in total. The zero-order valence-corrected chi connectivity index (χ0v) is 11.1. The molecule has 0 amide bonds. The van der Waals surface area contributed by atoms with E-state index in [4.69, 9.17) is 5.11 Å². The molecular weight excluding hydrogens is 254 g/mol. The molecule has 0 saturated heterocycles. The van der Waals surface area contributed by atoms with E-state index in [1.54, 1.807) is 0 Å². The Labute approximate surface area is 116 Å². The van der Waals surface area contributed by atoms with Gasteiger partial charge in [0.2, 0.25) is 0 Å². The third-order valence-electron chi connectivity index (χ3n) is 3.35. The predicted molar refractivity (Wildman–Crippen MR) is 75.8 cm³/mol. The zero-order chi connectivity index (χ0) is 14.1. The molecule has 2 N–H and O–H groups in total. The summed E-state index contributed by atoms with van der Waals surface area (Å²) in [5.41, 5.74) is 3.79. The van der Waals surface area contributed by atoms with Crippen molar-refractivity contribution in [1.29, 1.82) is 0 Å². The Bertz CT molecular complexity index is 666. The van der Waals surface area contributed by atoms with Crippen molar-refractivity contribution in [2.75, 3.05) is 5.32 Å². The van der Waals surface area contributed by atoms with Crippen molar-refractivity contribution >= 4 is 11.7 Å². The van der Waals surface area contributed by atoms with Crippen LogP contribution in [0.5, 0.6) is 0 Å². The standard InChI is InChI=1S/C15H15N3O2/c1-9-6-10(2-5-12(9)18-11-3-4-11)13-7-14(15(19)20)17-8-16-13/h2,5-8,11,18H,3-4H2,1H3,(H,19,20). The Balaban J connectivity index is 1.91. The molecule has 3 rings (SSSR count). The summed E-state index contributed by atoms with van der Waals surface area (Å²) >= 11 is 0. The summed E-state index contributed by atoms with van der Waals surface area (Å²) in [4.78, 5) is 18.8. The second-order valence-electron chi connectivity index (χ2n) is 5.04. The van der Waals surface area contributed by atoms with Gasteiger partial charge in [-0.1, -0.05) is 6.07 Å². The van der Waals surface area contributed by atoms with Crippen molar-refractivity contribution in [2.45, 2.75) is 25.8 Å². The normalized spacial score (nSPS) is 14.1. The van der Waals surface area contributed by atoms with Crippen LogP contribution in [-0.4, -0.2) is 27.1 Å². The highest BCUT2D eigenvalue weighted by Crippen LogP contribution is 2.29. The molecule has 0 radical (unpaired) electrons. The lowest BCUT2D eigenvalue weighted by atomic mass is 10.1. The Morgan fingerprint density at radius 2 is 2.10 bits per heavy atom. The van der Waals surface area contributed by atoms with Crippen LogP contribution in [0.1, 0.15) is 28.9 Å². The number of nitrogens with one attached hydrogen (secondary N) is 1. The molecule has 0 spiro atoms. The summed E-state index contributed by atoms with van der Waals surface area (Å²) < 4.78 is 0. The Kier molecular flexibility index (Phi) is 3.10. The van der Waals surface area contributed by atoms with Crippen LogP contribution in [0.3, 0.4) is 0 Å². The first-order valence-corrected chi connectivity index (χ1v) is 6.56. The Hall–Kier alpha value is -2.43. The molecule has 1 heterocycles. The molecule has 5 heteroatoms. The highest BCUT2D eigenvalue weighted by atomic mass is 16.4. The molecule has 0 atom stereocenters. The smallest absolute Gasteiger partial charge is 0.354 e.